The lowest BCUT2D eigenvalue weighted by Gasteiger charge is -2.12. The Balaban J connectivity index is 3.09. The highest BCUT2D eigenvalue weighted by molar-refractivity contribution is 5.89. The molecule has 2 N–H and O–H groups in total. The summed E-state index contributed by atoms with van der Waals surface area (Å²) in [5.41, 5.74) is 1.18. The number of hydrogen-bond acceptors (Lipinski definition) is 4. The standard InChI is InChI=1S/C12H14O4/c1-8(2)12(15)16-11-9(6-13)4-3-5-10(11)7-14/h3-5,13-14H,1,6-7H2,2H3. The van der Waals surface area contributed by atoms with Crippen LogP contribution in [0.4, 0.5) is 0 Å². The van der Waals surface area contributed by atoms with Gasteiger partial charge >= 0.3 is 5.97 Å². The van der Waals surface area contributed by atoms with Crippen LogP contribution in [0.25, 0.3) is 0 Å². The number of benzene rings is 1. The van der Waals surface area contributed by atoms with Crippen LogP contribution in [-0.4, -0.2) is 16.2 Å². The minimum absolute atomic E-state index is 0.209. The molecule has 0 atom stereocenters. The Labute approximate surface area is 93.8 Å². The number of para-hydroxylation sites is 1. The molecule has 4 nitrogen and oxygen atoms in total. The Kier molecular flexibility index (Phi) is 4.22. The molecule has 0 saturated heterocycles. The van der Waals surface area contributed by atoms with Crippen molar-refractivity contribution in [1.29, 1.82) is 0 Å². The second-order valence-corrected chi connectivity index (χ2v) is 3.39. The summed E-state index contributed by atoms with van der Waals surface area (Å²) in [6.45, 7) is 4.48. The number of ether oxygens (including phenoxy) is 1. The first-order valence-corrected chi connectivity index (χ1v) is 4.80. The SMILES string of the molecule is C=C(C)C(=O)Oc1c(CO)cccc1CO. The van der Waals surface area contributed by atoms with Crippen molar-refractivity contribution in [2.45, 2.75) is 20.1 Å². The van der Waals surface area contributed by atoms with Gasteiger partial charge in [-0.3, -0.25) is 0 Å². The first-order valence-electron chi connectivity index (χ1n) is 4.80. The first-order chi connectivity index (χ1) is 7.60. The van der Waals surface area contributed by atoms with Gasteiger partial charge in [0.15, 0.2) is 0 Å². The number of hydrogen-bond donors (Lipinski definition) is 2. The molecule has 0 aromatic heterocycles. The summed E-state index contributed by atoms with van der Waals surface area (Å²) < 4.78 is 5.06. The summed E-state index contributed by atoms with van der Waals surface area (Å²) in [4.78, 5) is 11.4. The molecule has 0 unspecified atom stereocenters. The van der Waals surface area contributed by atoms with Gasteiger partial charge < -0.3 is 14.9 Å². The summed E-state index contributed by atoms with van der Waals surface area (Å²) in [5, 5.41) is 18.2. The third-order valence-electron chi connectivity index (χ3n) is 2.06. The van der Waals surface area contributed by atoms with Crippen molar-refractivity contribution >= 4 is 5.97 Å². The molecule has 0 amide bonds. The number of carbonyl (C=O) groups excluding carboxylic acids is 1. The van der Waals surface area contributed by atoms with Crippen LogP contribution in [-0.2, 0) is 18.0 Å². The van der Waals surface area contributed by atoms with Gasteiger partial charge in [0.05, 0.1) is 13.2 Å². The van der Waals surface area contributed by atoms with Gasteiger partial charge in [-0.05, 0) is 6.92 Å². The fourth-order valence-electron chi connectivity index (χ4n) is 1.20. The molecule has 0 aliphatic rings. The number of aliphatic hydroxyl groups is 2. The zero-order valence-electron chi connectivity index (χ0n) is 9.06. The minimum atomic E-state index is -0.574. The molecule has 1 rings (SSSR count). The van der Waals surface area contributed by atoms with Crippen molar-refractivity contribution in [3.8, 4) is 5.75 Å². The summed E-state index contributed by atoms with van der Waals surface area (Å²) >= 11 is 0. The van der Waals surface area contributed by atoms with E-state index in [-0.39, 0.29) is 24.5 Å². The molecule has 4 heteroatoms. The van der Waals surface area contributed by atoms with E-state index in [0.717, 1.165) is 0 Å². The van der Waals surface area contributed by atoms with Crippen LogP contribution in [0, 0.1) is 0 Å². The third-order valence-corrected chi connectivity index (χ3v) is 2.06. The van der Waals surface area contributed by atoms with Gasteiger partial charge in [0.25, 0.3) is 0 Å². The molecule has 0 fully saturated rings. The molecule has 1 aromatic carbocycles. The quantitative estimate of drug-likeness (QED) is 0.455. The molecule has 0 aliphatic carbocycles. The molecular formula is C12H14O4. The number of esters is 1. The maximum atomic E-state index is 11.4. The van der Waals surface area contributed by atoms with E-state index >= 15 is 0 Å². The van der Waals surface area contributed by atoms with E-state index in [1.807, 2.05) is 0 Å². The Morgan fingerprint density at radius 2 is 1.81 bits per heavy atom. The molecule has 0 radical (unpaired) electrons. The zero-order chi connectivity index (χ0) is 12.1. The van der Waals surface area contributed by atoms with E-state index in [0.29, 0.717) is 11.1 Å². The predicted octanol–water partition coefficient (Wildman–Crippen LogP) is 1.15. The highest BCUT2D eigenvalue weighted by Gasteiger charge is 2.13. The van der Waals surface area contributed by atoms with Gasteiger partial charge in [0, 0.05) is 16.7 Å². The molecule has 0 aliphatic heterocycles. The Bertz CT molecular complexity index is 387. The largest absolute Gasteiger partial charge is 0.422 e. The number of rotatable bonds is 4. The van der Waals surface area contributed by atoms with Gasteiger partial charge in [0.2, 0.25) is 0 Å². The second kappa shape index (κ2) is 5.44. The van der Waals surface area contributed by atoms with Gasteiger partial charge in [-0.2, -0.15) is 0 Å². The van der Waals surface area contributed by atoms with E-state index < -0.39 is 5.97 Å². The molecule has 86 valence electrons. The maximum absolute atomic E-state index is 11.4. The normalized spacial score (nSPS) is 9.94. The predicted molar refractivity (Wildman–Crippen MR) is 58.7 cm³/mol. The van der Waals surface area contributed by atoms with Crippen LogP contribution >= 0.6 is 0 Å². The van der Waals surface area contributed by atoms with Crippen LogP contribution in [0.2, 0.25) is 0 Å². The summed E-state index contributed by atoms with van der Waals surface area (Å²) in [7, 11) is 0. The molecule has 0 bridgehead atoms. The molecule has 16 heavy (non-hydrogen) atoms. The summed E-state index contributed by atoms with van der Waals surface area (Å²) in [6.07, 6.45) is 0. The van der Waals surface area contributed by atoms with Gasteiger partial charge in [-0.1, -0.05) is 24.8 Å². The smallest absolute Gasteiger partial charge is 0.338 e. The molecule has 1 aromatic rings. The fourth-order valence-corrected chi connectivity index (χ4v) is 1.20. The molecule has 0 spiro atoms. The monoisotopic (exact) mass is 222 g/mol. The number of aliphatic hydroxyl groups excluding tert-OH is 2. The second-order valence-electron chi connectivity index (χ2n) is 3.39. The average Bonchev–Trinajstić information content (AvgIpc) is 2.29. The molecule has 0 heterocycles. The zero-order valence-corrected chi connectivity index (χ0v) is 9.06. The fraction of sp³-hybridized carbons (Fsp3) is 0.250. The average molecular weight is 222 g/mol. The topological polar surface area (TPSA) is 66.8 Å². The molecule has 0 saturated carbocycles. The van der Waals surface area contributed by atoms with Gasteiger partial charge in [-0.25, -0.2) is 4.79 Å². The van der Waals surface area contributed by atoms with Crippen molar-refractivity contribution in [3.63, 3.8) is 0 Å². The van der Waals surface area contributed by atoms with Crippen molar-refractivity contribution in [2.24, 2.45) is 0 Å². The molecular weight excluding hydrogens is 208 g/mol. The van der Waals surface area contributed by atoms with E-state index in [9.17, 15) is 4.79 Å². The van der Waals surface area contributed by atoms with E-state index in [1.165, 1.54) is 6.92 Å². The lowest BCUT2D eigenvalue weighted by molar-refractivity contribution is -0.130. The van der Waals surface area contributed by atoms with Gasteiger partial charge in [0.1, 0.15) is 5.75 Å². The lowest BCUT2D eigenvalue weighted by Crippen LogP contribution is -2.11. The Morgan fingerprint density at radius 1 is 1.31 bits per heavy atom. The minimum Gasteiger partial charge on any atom is -0.422 e. The van der Waals surface area contributed by atoms with E-state index in [1.54, 1.807) is 18.2 Å². The highest BCUT2D eigenvalue weighted by atomic mass is 16.5. The van der Waals surface area contributed by atoms with E-state index in [4.69, 9.17) is 14.9 Å². The first kappa shape index (κ1) is 12.4. The van der Waals surface area contributed by atoms with Crippen molar-refractivity contribution in [1.82, 2.24) is 0 Å². The van der Waals surface area contributed by atoms with Crippen LogP contribution in [0.5, 0.6) is 5.75 Å². The van der Waals surface area contributed by atoms with Gasteiger partial charge in [-0.15, -0.1) is 0 Å². The Hall–Kier alpha value is -1.65. The van der Waals surface area contributed by atoms with Crippen LogP contribution in [0.15, 0.2) is 30.4 Å². The van der Waals surface area contributed by atoms with Crippen molar-refractivity contribution in [3.05, 3.63) is 41.5 Å². The van der Waals surface area contributed by atoms with Crippen molar-refractivity contribution in [2.75, 3.05) is 0 Å². The number of carbonyl (C=O) groups is 1. The maximum Gasteiger partial charge on any atom is 0.338 e. The highest BCUT2D eigenvalue weighted by Crippen LogP contribution is 2.25. The summed E-state index contributed by atoms with van der Waals surface area (Å²) in [6, 6.07) is 4.93. The van der Waals surface area contributed by atoms with Crippen LogP contribution < -0.4 is 4.74 Å². The van der Waals surface area contributed by atoms with E-state index in [2.05, 4.69) is 6.58 Å². The third kappa shape index (κ3) is 2.68. The van der Waals surface area contributed by atoms with Crippen LogP contribution in [0.3, 0.4) is 0 Å². The van der Waals surface area contributed by atoms with Crippen LogP contribution in [0.1, 0.15) is 18.1 Å². The summed E-state index contributed by atoms with van der Waals surface area (Å²) in [5.74, 6) is -0.365. The Morgan fingerprint density at radius 3 is 2.19 bits per heavy atom. The van der Waals surface area contributed by atoms with Crippen molar-refractivity contribution < 1.29 is 19.7 Å². The lowest BCUT2D eigenvalue weighted by atomic mass is 10.1.